The van der Waals surface area contributed by atoms with Gasteiger partial charge in [0, 0.05) is 12.8 Å². The van der Waals surface area contributed by atoms with E-state index in [1.54, 1.807) is 7.11 Å². The van der Waals surface area contributed by atoms with Crippen molar-refractivity contribution in [3.63, 3.8) is 0 Å². The Morgan fingerprint density at radius 3 is 2.61 bits per heavy atom. The molecule has 1 aliphatic rings. The molecule has 23 heavy (non-hydrogen) atoms. The molecule has 2 rings (SSSR count). The molecule has 1 amide bonds. The smallest absolute Gasteiger partial charge is 0.256 e. The van der Waals surface area contributed by atoms with E-state index in [-0.39, 0.29) is 5.91 Å². The minimum Gasteiger partial charge on any atom is -0.493 e. The standard InChI is InChI=1S/C19H29NO3/c1-4-5-13-23-17-10-9-16(14-15(17)2)20-18(21)19(22-3)11-7-6-8-12-19/h9-10,14H,4-8,11-13H2,1-3H3,(H,20,21). The van der Waals surface area contributed by atoms with Gasteiger partial charge in [-0.05, 0) is 49.9 Å². The predicted octanol–water partition coefficient (Wildman–Crippen LogP) is 4.46. The van der Waals surface area contributed by atoms with Crippen molar-refractivity contribution in [2.45, 2.75) is 64.4 Å². The molecule has 1 aromatic carbocycles. The van der Waals surface area contributed by atoms with Gasteiger partial charge in [0.05, 0.1) is 6.61 Å². The van der Waals surface area contributed by atoms with E-state index >= 15 is 0 Å². The van der Waals surface area contributed by atoms with Gasteiger partial charge in [0.1, 0.15) is 11.4 Å². The lowest BCUT2D eigenvalue weighted by atomic mass is 9.84. The second-order valence-electron chi connectivity index (χ2n) is 6.40. The first-order valence-corrected chi connectivity index (χ1v) is 8.71. The summed E-state index contributed by atoms with van der Waals surface area (Å²) in [6.45, 7) is 4.88. The summed E-state index contributed by atoms with van der Waals surface area (Å²) in [6, 6.07) is 5.80. The predicted molar refractivity (Wildman–Crippen MR) is 93.0 cm³/mol. The molecule has 0 bridgehead atoms. The normalized spacial score (nSPS) is 16.8. The van der Waals surface area contributed by atoms with Crippen LogP contribution in [0.25, 0.3) is 0 Å². The number of benzene rings is 1. The molecular weight excluding hydrogens is 290 g/mol. The number of methoxy groups -OCH3 is 1. The highest BCUT2D eigenvalue weighted by atomic mass is 16.5. The average molecular weight is 319 g/mol. The Balaban J connectivity index is 2.01. The Morgan fingerprint density at radius 1 is 1.26 bits per heavy atom. The third kappa shape index (κ3) is 4.47. The number of hydrogen-bond donors (Lipinski definition) is 1. The summed E-state index contributed by atoms with van der Waals surface area (Å²) in [5, 5.41) is 3.02. The van der Waals surface area contributed by atoms with Crippen LogP contribution in [0.2, 0.25) is 0 Å². The molecular formula is C19H29NO3. The summed E-state index contributed by atoms with van der Waals surface area (Å²) in [6.07, 6.45) is 7.04. The maximum atomic E-state index is 12.7. The number of carbonyl (C=O) groups excluding carboxylic acids is 1. The molecule has 1 aromatic rings. The number of ether oxygens (including phenoxy) is 2. The Kier molecular flexibility index (Phi) is 6.46. The molecule has 0 atom stereocenters. The van der Waals surface area contributed by atoms with Gasteiger partial charge in [-0.3, -0.25) is 4.79 Å². The highest BCUT2D eigenvalue weighted by Gasteiger charge is 2.39. The molecule has 0 unspecified atom stereocenters. The molecule has 0 radical (unpaired) electrons. The zero-order valence-electron chi connectivity index (χ0n) is 14.6. The van der Waals surface area contributed by atoms with Crippen LogP contribution in [0.1, 0.15) is 57.4 Å². The lowest BCUT2D eigenvalue weighted by molar-refractivity contribution is -0.141. The van der Waals surface area contributed by atoms with Crippen LogP contribution in [0, 0.1) is 6.92 Å². The van der Waals surface area contributed by atoms with Crippen LogP contribution in [0.3, 0.4) is 0 Å². The number of anilines is 1. The van der Waals surface area contributed by atoms with Gasteiger partial charge in [-0.15, -0.1) is 0 Å². The van der Waals surface area contributed by atoms with Crippen molar-refractivity contribution in [2.24, 2.45) is 0 Å². The number of hydrogen-bond acceptors (Lipinski definition) is 3. The molecule has 1 fully saturated rings. The topological polar surface area (TPSA) is 47.6 Å². The zero-order chi connectivity index (χ0) is 16.7. The molecule has 4 heteroatoms. The third-order valence-corrected chi connectivity index (χ3v) is 4.65. The quantitative estimate of drug-likeness (QED) is 0.755. The second kappa shape index (κ2) is 8.34. The van der Waals surface area contributed by atoms with E-state index in [0.29, 0.717) is 0 Å². The number of unbranched alkanes of at least 4 members (excludes halogenated alkanes) is 1. The Morgan fingerprint density at radius 2 is 2.00 bits per heavy atom. The molecule has 4 nitrogen and oxygen atoms in total. The van der Waals surface area contributed by atoms with E-state index in [9.17, 15) is 4.79 Å². The van der Waals surface area contributed by atoms with Crippen molar-refractivity contribution in [1.29, 1.82) is 0 Å². The SMILES string of the molecule is CCCCOc1ccc(NC(=O)C2(OC)CCCCC2)cc1C. The first-order valence-electron chi connectivity index (χ1n) is 8.71. The average Bonchev–Trinajstić information content (AvgIpc) is 2.57. The van der Waals surface area contributed by atoms with Crippen LogP contribution >= 0.6 is 0 Å². The minimum absolute atomic E-state index is 0.0289. The van der Waals surface area contributed by atoms with Crippen molar-refractivity contribution in [3.05, 3.63) is 23.8 Å². The van der Waals surface area contributed by atoms with Gasteiger partial charge in [-0.1, -0.05) is 32.6 Å². The molecule has 0 heterocycles. The largest absolute Gasteiger partial charge is 0.493 e. The minimum atomic E-state index is -0.664. The Labute approximate surface area is 139 Å². The van der Waals surface area contributed by atoms with Crippen LogP contribution in [-0.2, 0) is 9.53 Å². The lowest BCUT2D eigenvalue weighted by Gasteiger charge is -2.34. The van der Waals surface area contributed by atoms with Crippen molar-refractivity contribution in [1.82, 2.24) is 0 Å². The van der Waals surface area contributed by atoms with Gasteiger partial charge in [0.15, 0.2) is 0 Å². The maximum Gasteiger partial charge on any atom is 0.256 e. The number of rotatable bonds is 7. The van der Waals surface area contributed by atoms with Crippen LogP contribution in [-0.4, -0.2) is 25.2 Å². The van der Waals surface area contributed by atoms with Crippen molar-refractivity contribution < 1.29 is 14.3 Å². The van der Waals surface area contributed by atoms with Crippen LogP contribution in [0.4, 0.5) is 5.69 Å². The molecule has 0 spiro atoms. The van der Waals surface area contributed by atoms with E-state index in [1.165, 1.54) is 6.42 Å². The Hall–Kier alpha value is -1.55. The Bertz CT molecular complexity index is 521. The monoisotopic (exact) mass is 319 g/mol. The summed E-state index contributed by atoms with van der Waals surface area (Å²) in [5.41, 5.74) is 1.17. The van der Waals surface area contributed by atoms with E-state index in [4.69, 9.17) is 9.47 Å². The van der Waals surface area contributed by atoms with Crippen LogP contribution in [0.15, 0.2) is 18.2 Å². The highest BCUT2D eigenvalue weighted by molar-refractivity contribution is 5.97. The highest BCUT2D eigenvalue weighted by Crippen LogP contribution is 2.32. The summed E-state index contributed by atoms with van der Waals surface area (Å²) < 4.78 is 11.4. The summed E-state index contributed by atoms with van der Waals surface area (Å²) in [5.74, 6) is 0.856. The summed E-state index contributed by atoms with van der Waals surface area (Å²) in [7, 11) is 1.64. The molecule has 128 valence electrons. The van der Waals surface area contributed by atoms with Gasteiger partial charge in [0.2, 0.25) is 0 Å². The number of amides is 1. The van der Waals surface area contributed by atoms with Gasteiger partial charge < -0.3 is 14.8 Å². The van der Waals surface area contributed by atoms with Gasteiger partial charge in [0.25, 0.3) is 5.91 Å². The van der Waals surface area contributed by atoms with E-state index in [1.807, 2.05) is 25.1 Å². The maximum absolute atomic E-state index is 12.7. The molecule has 1 N–H and O–H groups in total. The van der Waals surface area contributed by atoms with Crippen LogP contribution in [0.5, 0.6) is 5.75 Å². The first kappa shape index (κ1) is 17.8. The fourth-order valence-corrected chi connectivity index (χ4v) is 3.11. The number of carbonyl (C=O) groups is 1. The zero-order valence-corrected chi connectivity index (χ0v) is 14.6. The molecule has 1 aliphatic carbocycles. The fourth-order valence-electron chi connectivity index (χ4n) is 3.11. The second-order valence-corrected chi connectivity index (χ2v) is 6.40. The molecule has 0 aromatic heterocycles. The van der Waals surface area contributed by atoms with Crippen molar-refractivity contribution in [2.75, 3.05) is 19.0 Å². The van der Waals surface area contributed by atoms with Gasteiger partial charge in [-0.25, -0.2) is 0 Å². The lowest BCUT2D eigenvalue weighted by Crippen LogP contribution is -2.46. The number of nitrogens with one attached hydrogen (secondary N) is 1. The van der Waals surface area contributed by atoms with Gasteiger partial charge >= 0.3 is 0 Å². The van der Waals surface area contributed by atoms with Crippen LogP contribution < -0.4 is 10.1 Å². The van der Waals surface area contributed by atoms with Crippen molar-refractivity contribution in [3.8, 4) is 5.75 Å². The number of aryl methyl sites for hydroxylation is 1. The molecule has 1 saturated carbocycles. The van der Waals surface area contributed by atoms with Gasteiger partial charge in [-0.2, -0.15) is 0 Å². The van der Waals surface area contributed by atoms with E-state index in [2.05, 4.69) is 12.2 Å². The first-order chi connectivity index (χ1) is 11.1. The molecule has 0 aliphatic heterocycles. The molecule has 0 saturated heterocycles. The third-order valence-electron chi connectivity index (χ3n) is 4.65. The fraction of sp³-hybridized carbons (Fsp3) is 0.632. The summed E-state index contributed by atoms with van der Waals surface area (Å²) in [4.78, 5) is 12.7. The van der Waals surface area contributed by atoms with Crippen molar-refractivity contribution >= 4 is 11.6 Å². The van der Waals surface area contributed by atoms with E-state index in [0.717, 1.165) is 62.1 Å². The van der Waals surface area contributed by atoms with E-state index < -0.39 is 5.60 Å². The summed E-state index contributed by atoms with van der Waals surface area (Å²) >= 11 is 0.